The predicted molar refractivity (Wildman–Crippen MR) is 154 cm³/mol. The van der Waals surface area contributed by atoms with Crippen LogP contribution in [-0.2, 0) is 11.4 Å². The molecule has 6 heteroatoms. The van der Waals surface area contributed by atoms with E-state index in [1.165, 1.54) is 10.8 Å². The summed E-state index contributed by atoms with van der Waals surface area (Å²) in [7, 11) is 0. The van der Waals surface area contributed by atoms with Crippen LogP contribution in [0, 0.1) is 25.4 Å². The summed E-state index contributed by atoms with van der Waals surface area (Å²) < 4.78 is 7.96. The summed E-state index contributed by atoms with van der Waals surface area (Å²) in [4.78, 5) is 12.6. The molecule has 0 aliphatic carbocycles. The molecule has 0 aliphatic rings. The van der Waals surface area contributed by atoms with Crippen LogP contribution in [0.2, 0.25) is 0 Å². The number of fused-ring (bicyclic) bond motifs is 1. The SMILES string of the molecule is Cc1ccc(NC(=O)/C(C#N)=C/c2cc(I)c(OCc3ccc4ccccc4c3)c(I)c2)cc1. The Morgan fingerprint density at radius 2 is 1.65 bits per heavy atom. The Kier molecular flexibility index (Phi) is 7.85. The topological polar surface area (TPSA) is 62.1 Å². The zero-order valence-electron chi connectivity index (χ0n) is 18.3. The van der Waals surface area contributed by atoms with Crippen molar-refractivity contribution in [1.82, 2.24) is 0 Å². The van der Waals surface area contributed by atoms with Crippen LogP contribution >= 0.6 is 45.2 Å². The maximum Gasteiger partial charge on any atom is 0.266 e. The zero-order valence-corrected chi connectivity index (χ0v) is 22.6. The van der Waals surface area contributed by atoms with Gasteiger partial charge in [0.15, 0.2) is 0 Å². The molecule has 4 nitrogen and oxygen atoms in total. The first-order valence-electron chi connectivity index (χ1n) is 10.5. The number of nitrogens with zero attached hydrogens (tertiary/aromatic N) is 1. The molecule has 0 atom stereocenters. The van der Waals surface area contributed by atoms with Crippen LogP contribution in [0.25, 0.3) is 16.8 Å². The van der Waals surface area contributed by atoms with Crippen molar-refractivity contribution in [2.24, 2.45) is 0 Å². The van der Waals surface area contributed by atoms with Crippen LogP contribution < -0.4 is 10.1 Å². The van der Waals surface area contributed by atoms with Gasteiger partial charge in [-0.25, -0.2) is 0 Å². The van der Waals surface area contributed by atoms with Crippen molar-refractivity contribution < 1.29 is 9.53 Å². The largest absolute Gasteiger partial charge is 0.487 e. The third-order valence-corrected chi connectivity index (χ3v) is 6.81. The number of aryl methyl sites for hydroxylation is 1. The number of carbonyl (C=O) groups is 1. The summed E-state index contributed by atoms with van der Waals surface area (Å²) in [6.07, 6.45) is 1.60. The van der Waals surface area contributed by atoms with E-state index < -0.39 is 5.91 Å². The second-order valence-electron chi connectivity index (χ2n) is 7.77. The first-order chi connectivity index (χ1) is 16.4. The molecule has 0 saturated heterocycles. The van der Waals surface area contributed by atoms with E-state index in [0.29, 0.717) is 12.3 Å². The lowest BCUT2D eigenvalue weighted by Gasteiger charge is -2.12. The minimum Gasteiger partial charge on any atom is -0.487 e. The summed E-state index contributed by atoms with van der Waals surface area (Å²) in [5.41, 5.74) is 3.65. The number of carbonyl (C=O) groups excluding carboxylic acids is 1. The average Bonchev–Trinajstić information content (AvgIpc) is 2.83. The predicted octanol–water partition coefficient (Wildman–Crippen LogP) is 7.48. The van der Waals surface area contributed by atoms with E-state index in [1.54, 1.807) is 6.08 Å². The van der Waals surface area contributed by atoms with Gasteiger partial charge in [0.1, 0.15) is 24.0 Å². The Bertz CT molecular complexity index is 1410. The van der Waals surface area contributed by atoms with E-state index in [1.807, 2.05) is 61.5 Å². The van der Waals surface area contributed by atoms with Gasteiger partial charge in [-0.1, -0.05) is 54.1 Å². The number of hydrogen-bond acceptors (Lipinski definition) is 3. The molecule has 0 unspecified atom stereocenters. The molecule has 0 radical (unpaired) electrons. The van der Waals surface area contributed by atoms with Crippen molar-refractivity contribution in [3.8, 4) is 11.8 Å². The quantitative estimate of drug-likeness (QED) is 0.132. The second kappa shape index (κ2) is 11.0. The van der Waals surface area contributed by atoms with E-state index in [9.17, 15) is 10.1 Å². The van der Waals surface area contributed by atoms with Gasteiger partial charge in [0.05, 0.1) is 7.14 Å². The number of hydrogen-bond donors (Lipinski definition) is 1. The fourth-order valence-corrected chi connectivity index (χ4v) is 5.56. The zero-order chi connectivity index (χ0) is 24.1. The first-order valence-corrected chi connectivity index (χ1v) is 12.7. The average molecular weight is 670 g/mol. The van der Waals surface area contributed by atoms with Gasteiger partial charge in [-0.15, -0.1) is 0 Å². The monoisotopic (exact) mass is 670 g/mol. The van der Waals surface area contributed by atoms with Crippen LogP contribution in [0.5, 0.6) is 5.75 Å². The number of halogens is 2. The van der Waals surface area contributed by atoms with Crippen molar-refractivity contribution >= 4 is 73.6 Å². The molecule has 0 saturated carbocycles. The van der Waals surface area contributed by atoms with Gasteiger partial charge in [-0.3, -0.25) is 4.79 Å². The van der Waals surface area contributed by atoms with Crippen molar-refractivity contribution in [3.05, 3.63) is 108 Å². The highest BCUT2D eigenvalue weighted by Gasteiger charge is 2.13. The van der Waals surface area contributed by atoms with Gasteiger partial charge < -0.3 is 10.1 Å². The maximum atomic E-state index is 12.6. The number of nitriles is 1. The summed E-state index contributed by atoms with van der Waals surface area (Å²) >= 11 is 4.45. The fourth-order valence-electron chi connectivity index (χ4n) is 3.44. The van der Waals surface area contributed by atoms with Gasteiger partial charge >= 0.3 is 0 Å². The molecule has 4 aromatic carbocycles. The van der Waals surface area contributed by atoms with Crippen LogP contribution in [0.3, 0.4) is 0 Å². The smallest absolute Gasteiger partial charge is 0.266 e. The molecule has 168 valence electrons. The van der Waals surface area contributed by atoms with E-state index in [4.69, 9.17) is 4.74 Å². The molecule has 0 aliphatic heterocycles. The molecule has 0 bridgehead atoms. The Morgan fingerprint density at radius 3 is 2.32 bits per heavy atom. The molecule has 4 rings (SSSR count). The lowest BCUT2D eigenvalue weighted by molar-refractivity contribution is -0.112. The summed E-state index contributed by atoms with van der Waals surface area (Å²) in [6, 6.07) is 27.8. The van der Waals surface area contributed by atoms with Crippen LogP contribution in [0.4, 0.5) is 5.69 Å². The van der Waals surface area contributed by atoms with Crippen molar-refractivity contribution in [2.75, 3.05) is 5.32 Å². The lowest BCUT2D eigenvalue weighted by Crippen LogP contribution is -2.13. The van der Waals surface area contributed by atoms with Gasteiger partial charge in [-0.05, 0) is 110 Å². The van der Waals surface area contributed by atoms with Crippen LogP contribution in [-0.4, -0.2) is 5.91 Å². The molecular weight excluding hydrogens is 650 g/mol. The third-order valence-electron chi connectivity index (χ3n) is 5.20. The normalized spacial score (nSPS) is 11.2. The third kappa shape index (κ3) is 5.96. The van der Waals surface area contributed by atoms with Crippen molar-refractivity contribution in [1.29, 1.82) is 5.26 Å². The second-order valence-corrected chi connectivity index (χ2v) is 10.1. The molecule has 4 aromatic rings. The summed E-state index contributed by atoms with van der Waals surface area (Å²) in [5.74, 6) is 0.349. The number of amides is 1. The number of benzene rings is 4. The van der Waals surface area contributed by atoms with Crippen LogP contribution in [0.15, 0.2) is 84.4 Å². The Balaban J connectivity index is 1.50. The van der Waals surface area contributed by atoms with Gasteiger partial charge in [0, 0.05) is 5.69 Å². The van der Waals surface area contributed by atoms with Crippen LogP contribution in [0.1, 0.15) is 16.7 Å². The molecule has 34 heavy (non-hydrogen) atoms. The fraction of sp³-hybridized carbons (Fsp3) is 0.0714. The first kappa shape index (κ1) is 24.2. The lowest BCUT2D eigenvalue weighted by atomic mass is 10.1. The highest BCUT2D eigenvalue weighted by atomic mass is 127. The number of anilines is 1. The molecular formula is C28H20I2N2O2. The Labute approximate surface area is 225 Å². The minimum atomic E-state index is -0.437. The van der Waals surface area contributed by atoms with Gasteiger partial charge in [0.2, 0.25) is 0 Å². The highest BCUT2D eigenvalue weighted by Crippen LogP contribution is 2.31. The molecule has 1 amide bonds. The standard InChI is InChI=1S/C28H20I2N2O2/c1-18-6-10-24(11-7-18)32-28(33)23(16-31)13-20-14-25(29)27(26(30)15-20)34-17-19-8-9-21-4-2-3-5-22(21)12-19/h2-15H,17H2,1H3,(H,32,33)/b23-13+. The molecule has 0 aromatic heterocycles. The van der Waals surface area contributed by atoms with Gasteiger partial charge in [0.25, 0.3) is 5.91 Å². The highest BCUT2D eigenvalue weighted by molar-refractivity contribution is 14.1. The summed E-state index contributed by atoms with van der Waals surface area (Å²) in [5, 5.41) is 14.7. The number of rotatable bonds is 6. The van der Waals surface area contributed by atoms with E-state index >= 15 is 0 Å². The number of ether oxygens (including phenoxy) is 1. The summed E-state index contributed by atoms with van der Waals surface area (Å²) in [6.45, 7) is 2.43. The van der Waals surface area contributed by atoms with Gasteiger partial charge in [-0.2, -0.15) is 5.26 Å². The minimum absolute atomic E-state index is 0.0389. The number of nitrogens with one attached hydrogen (secondary N) is 1. The van der Waals surface area contributed by atoms with E-state index in [-0.39, 0.29) is 5.57 Å². The Hall–Kier alpha value is -2.90. The van der Waals surface area contributed by atoms with Crippen molar-refractivity contribution in [3.63, 3.8) is 0 Å². The maximum absolute atomic E-state index is 12.6. The van der Waals surface area contributed by atoms with E-state index in [0.717, 1.165) is 29.6 Å². The molecule has 0 heterocycles. The molecule has 1 N–H and O–H groups in total. The molecule has 0 spiro atoms. The molecule has 0 fully saturated rings. The van der Waals surface area contributed by atoms with E-state index in [2.05, 4.69) is 80.8 Å². The Morgan fingerprint density at radius 1 is 0.971 bits per heavy atom. The van der Waals surface area contributed by atoms with Crippen molar-refractivity contribution in [2.45, 2.75) is 13.5 Å².